The van der Waals surface area contributed by atoms with Gasteiger partial charge >= 0.3 is 5.97 Å². The maximum Gasteiger partial charge on any atom is 0.320 e. The minimum Gasteiger partial charge on any atom is -0.480 e. The van der Waals surface area contributed by atoms with Crippen LogP contribution >= 0.6 is 0 Å². The van der Waals surface area contributed by atoms with Crippen LogP contribution in [0.3, 0.4) is 0 Å². The highest BCUT2D eigenvalue weighted by atomic mass is 16.5. The molecule has 0 aliphatic heterocycles. The normalized spacial score (nSPS) is 19.5. The topological polar surface area (TPSA) is 72.5 Å². The standard InChI is InChI=1S/C9H17NO3/c10-8(9(11)12)5-2-6-13-7-3-1-4-7/h7-8H,1-6,10H2,(H,11,12). The van der Waals surface area contributed by atoms with Gasteiger partial charge in [0.15, 0.2) is 0 Å². The van der Waals surface area contributed by atoms with E-state index in [9.17, 15) is 4.79 Å². The molecule has 1 aliphatic carbocycles. The number of nitrogens with two attached hydrogens (primary N) is 1. The first-order valence-corrected chi connectivity index (χ1v) is 4.80. The third kappa shape index (κ3) is 3.74. The van der Waals surface area contributed by atoms with Gasteiger partial charge in [0.2, 0.25) is 0 Å². The summed E-state index contributed by atoms with van der Waals surface area (Å²) in [4.78, 5) is 10.3. The molecule has 0 saturated heterocycles. The lowest BCUT2D eigenvalue weighted by Crippen LogP contribution is -2.30. The summed E-state index contributed by atoms with van der Waals surface area (Å²) in [6.07, 6.45) is 5.25. The summed E-state index contributed by atoms with van der Waals surface area (Å²) in [6, 6.07) is -0.731. The number of carbonyl (C=O) groups is 1. The molecular formula is C9H17NO3. The molecule has 0 aromatic rings. The van der Waals surface area contributed by atoms with E-state index in [0.29, 0.717) is 19.1 Å². The molecule has 0 spiro atoms. The summed E-state index contributed by atoms with van der Waals surface area (Å²) >= 11 is 0. The van der Waals surface area contributed by atoms with E-state index in [0.717, 1.165) is 19.3 Å². The Bertz CT molecular complexity index is 168. The molecule has 13 heavy (non-hydrogen) atoms. The van der Waals surface area contributed by atoms with E-state index >= 15 is 0 Å². The predicted molar refractivity (Wildman–Crippen MR) is 48.4 cm³/mol. The quantitative estimate of drug-likeness (QED) is 0.602. The van der Waals surface area contributed by atoms with Gasteiger partial charge in [-0.3, -0.25) is 4.79 Å². The third-order valence-electron chi connectivity index (χ3n) is 2.38. The van der Waals surface area contributed by atoms with Crippen molar-refractivity contribution in [1.82, 2.24) is 0 Å². The Balaban J connectivity index is 1.90. The second-order valence-electron chi connectivity index (χ2n) is 3.51. The molecule has 3 N–H and O–H groups in total. The Morgan fingerprint density at radius 3 is 2.77 bits per heavy atom. The van der Waals surface area contributed by atoms with Crippen molar-refractivity contribution in [1.29, 1.82) is 0 Å². The first kappa shape index (κ1) is 10.5. The fourth-order valence-electron chi connectivity index (χ4n) is 1.21. The second-order valence-corrected chi connectivity index (χ2v) is 3.51. The largest absolute Gasteiger partial charge is 0.480 e. The molecule has 1 fully saturated rings. The third-order valence-corrected chi connectivity index (χ3v) is 2.38. The lowest BCUT2D eigenvalue weighted by molar-refractivity contribution is -0.138. The zero-order valence-electron chi connectivity index (χ0n) is 7.74. The zero-order valence-corrected chi connectivity index (χ0v) is 7.74. The Morgan fingerprint density at radius 2 is 2.31 bits per heavy atom. The van der Waals surface area contributed by atoms with Gasteiger partial charge in [-0.2, -0.15) is 0 Å². The van der Waals surface area contributed by atoms with Gasteiger partial charge in [0.05, 0.1) is 6.10 Å². The highest BCUT2D eigenvalue weighted by molar-refractivity contribution is 5.72. The molecule has 0 aromatic heterocycles. The maximum atomic E-state index is 10.3. The SMILES string of the molecule is NC(CCCOC1CCC1)C(=O)O. The van der Waals surface area contributed by atoms with E-state index in [4.69, 9.17) is 15.6 Å². The first-order chi connectivity index (χ1) is 6.20. The molecule has 4 nitrogen and oxygen atoms in total. The highest BCUT2D eigenvalue weighted by Gasteiger charge is 2.17. The van der Waals surface area contributed by atoms with Crippen LogP contribution in [0.4, 0.5) is 0 Å². The zero-order chi connectivity index (χ0) is 9.68. The van der Waals surface area contributed by atoms with Crippen molar-refractivity contribution >= 4 is 5.97 Å². The molecule has 1 atom stereocenters. The fourth-order valence-corrected chi connectivity index (χ4v) is 1.21. The second kappa shape index (κ2) is 5.19. The summed E-state index contributed by atoms with van der Waals surface area (Å²) in [5.74, 6) is -0.927. The van der Waals surface area contributed by atoms with Crippen LogP contribution in [-0.4, -0.2) is 29.8 Å². The summed E-state index contributed by atoms with van der Waals surface area (Å²) in [6.45, 7) is 0.644. The Hall–Kier alpha value is -0.610. The van der Waals surface area contributed by atoms with E-state index in [1.165, 1.54) is 6.42 Å². The van der Waals surface area contributed by atoms with Gasteiger partial charge in [-0.1, -0.05) is 0 Å². The highest BCUT2D eigenvalue weighted by Crippen LogP contribution is 2.21. The minimum atomic E-state index is -0.927. The lowest BCUT2D eigenvalue weighted by atomic mass is 9.96. The Labute approximate surface area is 78.1 Å². The van der Waals surface area contributed by atoms with Gasteiger partial charge < -0.3 is 15.6 Å². The number of hydrogen-bond donors (Lipinski definition) is 2. The average molecular weight is 187 g/mol. The molecule has 76 valence electrons. The number of rotatable bonds is 6. The average Bonchev–Trinajstić information content (AvgIpc) is 2.00. The number of ether oxygens (including phenoxy) is 1. The number of hydrogen-bond acceptors (Lipinski definition) is 3. The van der Waals surface area contributed by atoms with Gasteiger partial charge in [-0.25, -0.2) is 0 Å². The van der Waals surface area contributed by atoms with Crippen LogP contribution in [0.15, 0.2) is 0 Å². The van der Waals surface area contributed by atoms with Crippen molar-refractivity contribution in [2.75, 3.05) is 6.61 Å². The summed E-state index contributed by atoms with van der Waals surface area (Å²) in [5.41, 5.74) is 5.32. The van der Waals surface area contributed by atoms with E-state index in [1.807, 2.05) is 0 Å². The molecule has 1 rings (SSSR count). The van der Waals surface area contributed by atoms with Crippen molar-refractivity contribution in [3.63, 3.8) is 0 Å². The van der Waals surface area contributed by atoms with Crippen LogP contribution in [-0.2, 0) is 9.53 Å². The van der Waals surface area contributed by atoms with Crippen LogP contribution in [0, 0.1) is 0 Å². The number of carboxylic acids is 1. The van der Waals surface area contributed by atoms with E-state index in [2.05, 4.69) is 0 Å². The molecule has 0 radical (unpaired) electrons. The molecule has 1 unspecified atom stereocenters. The molecule has 1 aliphatic rings. The van der Waals surface area contributed by atoms with Gasteiger partial charge in [0.25, 0.3) is 0 Å². The van der Waals surface area contributed by atoms with Crippen LogP contribution in [0.25, 0.3) is 0 Å². The number of aliphatic carboxylic acids is 1. The van der Waals surface area contributed by atoms with Gasteiger partial charge in [0, 0.05) is 6.61 Å². The molecule has 0 bridgehead atoms. The van der Waals surface area contributed by atoms with Crippen molar-refractivity contribution in [3.05, 3.63) is 0 Å². The maximum absolute atomic E-state index is 10.3. The number of carboxylic acid groups (broad SMARTS) is 1. The smallest absolute Gasteiger partial charge is 0.320 e. The van der Waals surface area contributed by atoms with Crippen LogP contribution < -0.4 is 5.73 Å². The van der Waals surface area contributed by atoms with Crippen molar-refractivity contribution in [2.45, 2.75) is 44.2 Å². The summed E-state index contributed by atoms with van der Waals surface area (Å²) in [5, 5.41) is 8.48. The van der Waals surface area contributed by atoms with Gasteiger partial charge in [-0.15, -0.1) is 0 Å². The Morgan fingerprint density at radius 1 is 1.62 bits per heavy atom. The van der Waals surface area contributed by atoms with Crippen LogP contribution in [0.2, 0.25) is 0 Å². The van der Waals surface area contributed by atoms with Crippen molar-refractivity contribution in [3.8, 4) is 0 Å². The molecule has 1 saturated carbocycles. The first-order valence-electron chi connectivity index (χ1n) is 4.80. The van der Waals surface area contributed by atoms with E-state index in [-0.39, 0.29) is 0 Å². The molecular weight excluding hydrogens is 170 g/mol. The fraction of sp³-hybridized carbons (Fsp3) is 0.889. The predicted octanol–water partition coefficient (Wildman–Crippen LogP) is 0.748. The van der Waals surface area contributed by atoms with E-state index < -0.39 is 12.0 Å². The molecule has 4 heteroatoms. The van der Waals surface area contributed by atoms with Gasteiger partial charge in [-0.05, 0) is 32.1 Å². The minimum absolute atomic E-state index is 0.432. The Kier molecular flexibility index (Phi) is 4.18. The molecule has 0 amide bonds. The van der Waals surface area contributed by atoms with Crippen LogP contribution in [0.5, 0.6) is 0 Å². The van der Waals surface area contributed by atoms with Crippen molar-refractivity contribution in [2.24, 2.45) is 5.73 Å². The van der Waals surface area contributed by atoms with E-state index in [1.54, 1.807) is 0 Å². The lowest BCUT2D eigenvalue weighted by Gasteiger charge is -2.25. The van der Waals surface area contributed by atoms with Crippen molar-refractivity contribution < 1.29 is 14.6 Å². The summed E-state index contributed by atoms with van der Waals surface area (Å²) < 4.78 is 5.46. The van der Waals surface area contributed by atoms with Gasteiger partial charge in [0.1, 0.15) is 6.04 Å². The monoisotopic (exact) mass is 187 g/mol. The molecule has 0 aromatic carbocycles. The molecule has 0 heterocycles. The summed E-state index contributed by atoms with van der Waals surface area (Å²) in [7, 11) is 0. The van der Waals surface area contributed by atoms with Crippen LogP contribution in [0.1, 0.15) is 32.1 Å².